The first-order valence-electron chi connectivity index (χ1n) is 10.5. The van der Waals surface area contributed by atoms with Crippen LogP contribution in [0.2, 0.25) is 0 Å². The lowest BCUT2D eigenvalue weighted by molar-refractivity contribution is -0.135. The molecule has 1 saturated heterocycles. The molecule has 3 aromatic rings. The summed E-state index contributed by atoms with van der Waals surface area (Å²) in [6.07, 6.45) is 3.09. The van der Waals surface area contributed by atoms with Gasteiger partial charge in [-0.2, -0.15) is 0 Å². The first-order chi connectivity index (χ1) is 15.8. The van der Waals surface area contributed by atoms with Gasteiger partial charge in [0.1, 0.15) is 11.2 Å². The van der Waals surface area contributed by atoms with Crippen LogP contribution in [0.3, 0.4) is 0 Å². The second-order valence-electron chi connectivity index (χ2n) is 8.35. The van der Waals surface area contributed by atoms with Crippen molar-refractivity contribution in [2.24, 2.45) is 0 Å². The number of nitrogens with one attached hydrogen (secondary N) is 1. The zero-order valence-electron chi connectivity index (χ0n) is 17.4. The number of imide groups is 1. The maximum atomic E-state index is 13.5. The highest BCUT2D eigenvalue weighted by molar-refractivity contribution is 6.10. The fourth-order valence-corrected chi connectivity index (χ4v) is 4.35. The molecule has 2 aromatic heterocycles. The number of pyridine rings is 1. The van der Waals surface area contributed by atoms with Gasteiger partial charge in [0, 0.05) is 30.0 Å². The van der Waals surface area contributed by atoms with Gasteiger partial charge < -0.3 is 5.32 Å². The molecular weight excluding hydrogens is 432 g/mol. The van der Waals surface area contributed by atoms with Gasteiger partial charge in [-0.15, -0.1) is 0 Å². The average molecular weight is 451 g/mol. The van der Waals surface area contributed by atoms with Crippen molar-refractivity contribution in [2.45, 2.75) is 37.1 Å². The third-order valence-corrected chi connectivity index (χ3v) is 6.23. The molecule has 1 aromatic carbocycles. The van der Waals surface area contributed by atoms with E-state index in [0.29, 0.717) is 5.69 Å². The van der Waals surface area contributed by atoms with Crippen molar-refractivity contribution in [1.29, 1.82) is 0 Å². The molecule has 2 fully saturated rings. The summed E-state index contributed by atoms with van der Waals surface area (Å²) >= 11 is 0. The molecular formula is C23H19F2N5O3. The topological polar surface area (TPSA) is 105 Å². The quantitative estimate of drug-likeness (QED) is 0.482. The molecule has 3 amide bonds. The van der Waals surface area contributed by atoms with E-state index < -0.39 is 48.6 Å². The molecule has 0 atom stereocenters. The number of carbonyl (C=O) groups is 3. The van der Waals surface area contributed by atoms with E-state index in [-0.39, 0.29) is 18.5 Å². The van der Waals surface area contributed by atoms with E-state index in [0.717, 1.165) is 21.4 Å². The minimum absolute atomic E-state index is 0.0105. The van der Waals surface area contributed by atoms with Crippen LogP contribution in [0.25, 0.3) is 22.2 Å². The lowest BCUT2D eigenvalue weighted by Crippen LogP contribution is -2.51. The SMILES string of the molecule is O=C(CN1C(=O)NC2(CCC(F)(F)CC2)C1=O)c1cnc(-c2cccc3cccnc23)cn1. The van der Waals surface area contributed by atoms with Gasteiger partial charge >= 0.3 is 6.03 Å². The molecule has 2 aliphatic rings. The van der Waals surface area contributed by atoms with Crippen molar-refractivity contribution in [3.8, 4) is 11.3 Å². The summed E-state index contributed by atoms with van der Waals surface area (Å²) in [6.45, 7) is -0.535. The number of aromatic nitrogens is 3. The maximum absolute atomic E-state index is 13.5. The first kappa shape index (κ1) is 21.0. The molecule has 8 nitrogen and oxygen atoms in total. The van der Waals surface area contributed by atoms with Crippen molar-refractivity contribution >= 4 is 28.6 Å². The Balaban J connectivity index is 1.32. The van der Waals surface area contributed by atoms with Gasteiger partial charge in [0.25, 0.3) is 5.91 Å². The van der Waals surface area contributed by atoms with E-state index in [2.05, 4.69) is 20.3 Å². The van der Waals surface area contributed by atoms with Crippen molar-refractivity contribution in [3.63, 3.8) is 0 Å². The van der Waals surface area contributed by atoms with Crippen LogP contribution in [0.4, 0.5) is 13.6 Å². The minimum Gasteiger partial charge on any atom is -0.323 e. The Hall–Kier alpha value is -3.82. The molecule has 33 heavy (non-hydrogen) atoms. The molecule has 1 aliphatic heterocycles. The smallest absolute Gasteiger partial charge is 0.323 e. The number of rotatable bonds is 4. The Morgan fingerprint density at radius 1 is 1.00 bits per heavy atom. The lowest BCUT2D eigenvalue weighted by atomic mass is 9.80. The van der Waals surface area contributed by atoms with E-state index >= 15 is 0 Å². The Morgan fingerprint density at radius 2 is 1.76 bits per heavy atom. The highest BCUT2D eigenvalue weighted by atomic mass is 19.3. The molecule has 168 valence electrons. The second-order valence-corrected chi connectivity index (χ2v) is 8.35. The number of Topliss-reactive ketones (excluding diaryl/α,β-unsaturated/α-hetero) is 1. The van der Waals surface area contributed by atoms with E-state index in [1.807, 2.05) is 30.3 Å². The van der Waals surface area contributed by atoms with Gasteiger partial charge in [-0.3, -0.25) is 24.5 Å². The van der Waals surface area contributed by atoms with Crippen LogP contribution < -0.4 is 5.32 Å². The van der Waals surface area contributed by atoms with E-state index in [1.165, 1.54) is 12.4 Å². The Labute approximate surface area is 187 Å². The van der Waals surface area contributed by atoms with Gasteiger partial charge in [-0.1, -0.05) is 24.3 Å². The summed E-state index contributed by atoms with van der Waals surface area (Å²) in [5.74, 6) is -4.08. The number of ketones is 1. The molecule has 1 saturated carbocycles. The van der Waals surface area contributed by atoms with Crippen LogP contribution >= 0.6 is 0 Å². The standard InChI is InChI=1S/C23H19F2N5O3/c24-23(25)8-6-22(7-9-23)20(32)30(21(33)29-22)13-18(31)17-12-27-16(11-28-17)15-5-1-3-14-4-2-10-26-19(14)15/h1-5,10-12H,6-9,13H2,(H,29,33). The number of carbonyl (C=O) groups excluding carboxylic acids is 3. The predicted molar refractivity (Wildman–Crippen MR) is 113 cm³/mol. The Bertz CT molecular complexity index is 1260. The van der Waals surface area contributed by atoms with Crippen LogP contribution in [-0.2, 0) is 4.79 Å². The number of halogens is 2. The largest absolute Gasteiger partial charge is 0.325 e. The van der Waals surface area contributed by atoms with Crippen LogP contribution in [-0.4, -0.2) is 55.6 Å². The molecule has 1 aliphatic carbocycles. The zero-order valence-corrected chi connectivity index (χ0v) is 17.4. The number of hydrogen-bond donors (Lipinski definition) is 1. The van der Waals surface area contributed by atoms with Crippen LogP contribution in [0, 0.1) is 0 Å². The number of amides is 3. The summed E-state index contributed by atoms with van der Waals surface area (Å²) < 4.78 is 27.0. The fraction of sp³-hybridized carbons (Fsp3) is 0.304. The van der Waals surface area contributed by atoms with Gasteiger partial charge in [0.15, 0.2) is 0 Å². The fourth-order valence-electron chi connectivity index (χ4n) is 4.35. The normalized spacial score (nSPS) is 19.2. The molecule has 5 rings (SSSR count). The van der Waals surface area contributed by atoms with Crippen molar-refractivity contribution in [3.05, 3.63) is 54.6 Å². The van der Waals surface area contributed by atoms with Crippen molar-refractivity contribution in [1.82, 2.24) is 25.2 Å². The van der Waals surface area contributed by atoms with Crippen LogP contribution in [0.1, 0.15) is 36.2 Å². The van der Waals surface area contributed by atoms with Crippen molar-refractivity contribution < 1.29 is 23.2 Å². The number of urea groups is 1. The number of fused-ring (bicyclic) bond motifs is 1. The van der Waals surface area contributed by atoms with E-state index in [4.69, 9.17) is 0 Å². The molecule has 1 N–H and O–H groups in total. The van der Waals surface area contributed by atoms with E-state index in [1.54, 1.807) is 6.20 Å². The van der Waals surface area contributed by atoms with E-state index in [9.17, 15) is 23.2 Å². The molecule has 0 bridgehead atoms. The molecule has 10 heteroatoms. The van der Waals surface area contributed by atoms with Gasteiger partial charge in [0.05, 0.1) is 30.1 Å². The van der Waals surface area contributed by atoms with Gasteiger partial charge in [-0.25, -0.2) is 18.6 Å². The van der Waals surface area contributed by atoms with Gasteiger partial charge in [-0.05, 0) is 18.9 Å². The number of hydrogen-bond acceptors (Lipinski definition) is 6. The Morgan fingerprint density at radius 3 is 2.48 bits per heavy atom. The number of benzene rings is 1. The average Bonchev–Trinajstić information content (AvgIpc) is 3.05. The summed E-state index contributed by atoms with van der Waals surface area (Å²) in [4.78, 5) is 51.6. The molecule has 3 heterocycles. The number of nitrogens with zero attached hydrogens (tertiary/aromatic N) is 4. The number of para-hydroxylation sites is 1. The molecule has 0 radical (unpaired) electrons. The first-order valence-corrected chi connectivity index (χ1v) is 10.5. The molecule has 0 unspecified atom stereocenters. The molecule has 1 spiro atoms. The summed E-state index contributed by atoms with van der Waals surface area (Å²) in [5, 5.41) is 3.46. The summed E-state index contributed by atoms with van der Waals surface area (Å²) in [7, 11) is 0. The summed E-state index contributed by atoms with van der Waals surface area (Å²) in [5.41, 5.74) is 0.646. The van der Waals surface area contributed by atoms with Crippen molar-refractivity contribution in [2.75, 3.05) is 6.54 Å². The summed E-state index contributed by atoms with van der Waals surface area (Å²) in [6, 6.07) is 8.64. The van der Waals surface area contributed by atoms with Crippen LogP contribution in [0.5, 0.6) is 0 Å². The van der Waals surface area contributed by atoms with Crippen LogP contribution in [0.15, 0.2) is 48.9 Å². The maximum Gasteiger partial charge on any atom is 0.325 e. The lowest BCUT2D eigenvalue weighted by Gasteiger charge is -2.34. The Kier molecular flexibility index (Phi) is 4.88. The number of alkyl halides is 2. The zero-order chi connectivity index (χ0) is 23.2. The predicted octanol–water partition coefficient (Wildman–Crippen LogP) is 3.37. The van der Waals surface area contributed by atoms with Gasteiger partial charge in [0.2, 0.25) is 11.7 Å². The minimum atomic E-state index is -2.85. The highest BCUT2D eigenvalue weighted by Gasteiger charge is 2.55. The second kappa shape index (κ2) is 7.65. The monoisotopic (exact) mass is 451 g/mol. The highest BCUT2D eigenvalue weighted by Crippen LogP contribution is 2.41. The third-order valence-electron chi connectivity index (χ3n) is 6.23. The third kappa shape index (κ3) is 3.71.